The van der Waals surface area contributed by atoms with Gasteiger partial charge in [-0.05, 0) is 42.4 Å². The van der Waals surface area contributed by atoms with E-state index in [1.165, 1.54) is 12.1 Å². The van der Waals surface area contributed by atoms with Crippen LogP contribution in [0.4, 0.5) is 4.39 Å². The maximum absolute atomic E-state index is 13.2. The molecule has 0 amide bonds. The van der Waals surface area contributed by atoms with E-state index in [0.29, 0.717) is 19.7 Å². The Kier molecular flexibility index (Phi) is 5.86. The van der Waals surface area contributed by atoms with Crippen LogP contribution in [-0.4, -0.2) is 43.1 Å². The highest BCUT2D eigenvalue weighted by atomic mass is 19.1. The van der Waals surface area contributed by atoms with Gasteiger partial charge in [-0.25, -0.2) is 4.39 Å². The molecule has 0 saturated carbocycles. The molecule has 1 aliphatic rings. The highest BCUT2D eigenvalue weighted by Crippen LogP contribution is 2.32. The van der Waals surface area contributed by atoms with Crippen LogP contribution in [0.25, 0.3) is 0 Å². The molecule has 1 unspecified atom stereocenters. The van der Waals surface area contributed by atoms with E-state index in [1.54, 1.807) is 6.07 Å². The van der Waals surface area contributed by atoms with Crippen molar-refractivity contribution in [1.82, 2.24) is 4.90 Å². The van der Waals surface area contributed by atoms with Gasteiger partial charge in [0.25, 0.3) is 0 Å². The number of benzene rings is 2. The molecule has 1 aliphatic heterocycles. The van der Waals surface area contributed by atoms with E-state index < -0.39 is 6.10 Å². The van der Waals surface area contributed by atoms with Crippen LogP contribution in [0.2, 0.25) is 0 Å². The molecule has 0 bridgehead atoms. The minimum absolute atomic E-state index is 0.224. The molecule has 0 aliphatic carbocycles. The van der Waals surface area contributed by atoms with Crippen molar-refractivity contribution in [1.29, 1.82) is 0 Å². The lowest BCUT2D eigenvalue weighted by molar-refractivity contribution is 0.0127. The second-order valence-corrected chi connectivity index (χ2v) is 6.18. The molecule has 0 aromatic heterocycles. The molecule has 1 heterocycles. The van der Waals surface area contributed by atoms with Gasteiger partial charge in [-0.1, -0.05) is 18.2 Å². The normalized spacial score (nSPS) is 14.1. The first-order valence-electron chi connectivity index (χ1n) is 8.17. The summed E-state index contributed by atoms with van der Waals surface area (Å²) in [5.41, 5.74) is 1.83. The standard InChI is InChI=1S/C19H22FNO4/c1-21(9-14-3-2-4-16(20)7-14)10-17(22)12-23-11-15-5-6-18-19(8-15)25-13-24-18/h2-8,17,22H,9-13H2,1H3. The summed E-state index contributed by atoms with van der Waals surface area (Å²) in [4.78, 5) is 1.93. The molecule has 6 heteroatoms. The molecule has 0 saturated heterocycles. The van der Waals surface area contributed by atoms with Gasteiger partial charge in [-0.3, -0.25) is 4.90 Å². The Hall–Kier alpha value is -2.15. The van der Waals surface area contributed by atoms with Gasteiger partial charge >= 0.3 is 0 Å². The largest absolute Gasteiger partial charge is 0.454 e. The first-order valence-corrected chi connectivity index (χ1v) is 8.17. The van der Waals surface area contributed by atoms with Gasteiger partial charge in [0, 0.05) is 13.1 Å². The van der Waals surface area contributed by atoms with E-state index in [4.69, 9.17) is 14.2 Å². The number of rotatable bonds is 8. The van der Waals surface area contributed by atoms with Gasteiger partial charge in [0.15, 0.2) is 11.5 Å². The molecule has 0 fully saturated rings. The van der Waals surface area contributed by atoms with Crippen molar-refractivity contribution in [3.63, 3.8) is 0 Å². The molecule has 0 radical (unpaired) electrons. The lowest BCUT2D eigenvalue weighted by atomic mass is 10.2. The fourth-order valence-corrected chi connectivity index (χ4v) is 2.77. The summed E-state index contributed by atoms with van der Waals surface area (Å²) in [6.07, 6.45) is -0.618. The highest BCUT2D eigenvalue weighted by Gasteiger charge is 2.14. The van der Waals surface area contributed by atoms with Crippen LogP contribution in [0.5, 0.6) is 11.5 Å². The Bertz CT molecular complexity index is 710. The van der Waals surface area contributed by atoms with Crippen LogP contribution in [0.15, 0.2) is 42.5 Å². The summed E-state index contributed by atoms with van der Waals surface area (Å²) in [6.45, 7) is 1.87. The SMILES string of the molecule is CN(Cc1cccc(F)c1)CC(O)COCc1ccc2c(c1)OCO2. The molecule has 1 N–H and O–H groups in total. The van der Waals surface area contributed by atoms with Crippen LogP contribution in [-0.2, 0) is 17.9 Å². The third kappa shape index (κ3) is 5.16. The number of halogens is 1. The molecule has 5 nitrogen and oxygen atoms in total. The van der Waals surface area contributed by atoms with Crippen LogP contribution in [0.3, 0.4) is 0 Å². The maximum atomic E-state index is 13.2. The van der Waals surface area contributed by atoms with E-state index in [1.807, 2.05) is 36.2 Å². The molecule has 25 heavy (non-hydrogen) atoms. The quantitative estimate of drug-likeness (QED) is 0.795. The molecular weight excluding hydrogens is 325 g/mol. The number of hydrogen-bond donors (Lipinski definition) is 1. The minimum Gasteiger partial charge on any atom is -0.454 e. The zero-order chi connectivity index (χ0) is 17.6. The van der Waals surface area contributed by atoms with E-state index in [2.05, 4.69) is 0 Å². The van der Waals surface area contributed by atoms with Crippen molar-refractivity contribution < 1.29 is 23.7 Å². The smallest absolute Gasteiger partial charge is 0.231 e. The Morgan fingerprint density at radius 1 is 1.16 bits per heavy atom. The zero-order valence-corrected chi connectivity index (χ0v) is 14.2. The van der Waals surface area contributed by atoms with Crippen LogP contribution < -0.4 is 9.47 Å². The predicted molar refractivity (Wildman–Crippen MR) is 91.0 cm³/mol. The summed E-state index contributed by atoms with van der Waals surface area (Å²) in [7, 11) is 1.88. The van der Waals surface area contributed by atoms with Gasteiger partial charge in [-0.2, -0.15) is 0 Å². The van der Waals surface area contributed by atoms with Crippen LogP contribution in [0.1, 0.15) is 11.1 Å². The average molecular weight is 347 g/mol. The van der Waals surface area contributed by atoms with Gasteiger partial charge in [0.2, 0.25) is 6.79 Å². The Labute approximate surface area is 146 Å². The van der Waals surface area contributed by atoms with Gasteiger partial charge in [0.05, 0.1) is 19.3 Å². The summed E-state index contributed by atoms with van der Waals surface area (Å²) < 4.78 is 29.4. The molecule has 2 aromatic rings. The van der Waals surface area contributed by atoms with Gasteiger partial charge < -0.3 is 19.3 Å². The van der Waals surface area contributed by atoms with E-state index in [-0.39, 0.29) is 19.2 Å². The summed E-state index contributed by atoms with van der Waals surface area (Å²) in [5, 5.41) is 10.1. The lowest BCUT2D eigenvalue weighted by Crippen LogP contribution is -2.31. The third-order valence-electron chi connectivity index (χ3n) is 3.88. The highest BCUT2D eigenvalue weighted by molar-refractivity contribution is 5.44. The van der Waals surface area contributed by atoms with Crippen molar-refractivity contribution in [3.05, 3.63) is 59.4 Å². The molecule has 0 spiro atoms. The summed E-state index contributed by atoms with van der Waals surface area (Å²) >= 11 is 0. The second-order valence-electron chi connectivity index (χ2n) is 6.18. The second kappa shape index (κ2) is 8.29. The summed E-state index contributed by atoms with van der Waals surface area (Å²) in [6, 6.07) is 12.1. The van der Waals surface area contributed by atoms with E-state index in [0.717, 1.165) is 22.6 Å². The van der Waals surface area contributed by atoms with E-state index in [9.17, 15) is 9.50 Å². The van der Waals surface area contributed by atoms with Crippen molar-refractivity contribution in [2.45, 2.75) is 19.3 Å². The number of aliphatic hydroxyl groups is 1. The summed E-state index contributed by atoms with van der Waals surface area (Å²) in [5.74, 6) is 1.21. The van der Waals surface area contributed by atoms with Crippen molar-refractivity contribution in [2.75, 3.05) is 27.0 Å². The molecular formula is C19H22FNO4. The van der Waals surface area contributed by atoms with Gasteiger partial charge in [-0.15, -0.1) is 0 Å². The monoisotopic (exact) mass is 347 g/mol. The van der Waals surface area contributed by atoms with Crippen LogP contribution >= 0.6 is 0 Å². The molecule has 1 atom stereocenters. The first-order chi connectivity index (χ1) is 12.1. The number of ether oxygens (including phenoxy) is 3. The van der Waals surface area contributed by atoms with Crippen LogP contribution in [0, 0.1) is 5.82 Å². The van der Waals surface area contributed by atoms with Crippen molar-refractivity contribution >= 4 is 0 Å². The number of nitrogens with zero attached hydrogens (tertiary/aromatic N) is 1. The van der Waals surface area contributed by atoms with E-state index >= 15 is 0 Å². The number of aliphatic hydroxyl groups excluding tert-OH is 1. The van der Waals surface area contributed by atoms with Crippen molar-refractivity contribution in [2.24, 2.45) is 0 Å². The predicted octanol–water partition coefficient (Wildman–Crippen LogP) is 2.56. The Balaban J connectivity index is 1.39. The van der Waals surface area contributed by atoms with Gasteiger partial charge in [0.1, 0.15) is 5.82 Å². The molecule has 134 valence electrons. The number of hydrogen-bond acceptors (Lipinski definition) is 5. The van der Waals surface area contributed by atoms with Crippen molar-refractivity contribution in [3.8, 4) is 11.5 Å². The minimum atomic E-state index is -0.618. The first kappa shape index (κ1) is 17.7. The number of likely N-dealkylation sites (N-methyl/N-ethyl adjacent to an activating group) is 1. The Morgan fingerprint density at radius 3 is 2.84 bits per heavy atom. The topological polar surface area (TPSA) is 51.2 Å². The zero-order valence-electron chi connectivity index (χ0n) is 14.2. The number of fused-ring (bicyclic) bond motifs is 1. The molecule has 2 aromatic carbocycles. The maximum Gasteiger partial charge on any atom is 0.231 e. The average Bonchev–Trinajstić information content (AvgIpc) is 3.02. The fraction of sp³-hybridized carbons (Fsp3) is 0.368. The fourth-order valence-electron chi connectivity index (χ4n) is 2.77. The third-order valence-corrected chi connectivity index (χ3v) is 3.88. The molecule has 3 rings (SSSR count). The lowest BCUT2D eigenvalue weighted by Gasteiger charge is -2.20. The Morgan fingerprint density at radius 2 is 2.00 bits per heavy atom.